The third kappa shape index (κ3) is 3.63. The largest absolute Gasteiger partial charge is 0.367 e. The first-order valence-electron chi connectivity index (χ1n) is 6.99. The van der Waals surface area contributed by atoms with Crippen molar-refractivity contribution in [3.63, 3.8) is 0 Å². The Morgan fingerprint density at radius 2 is 1.86 bits per heavy atom. The summed E-state index contributed by atoms with van der Waals surface area (Å²) in [5, 5.41) is 4.04. The van der Waals surface area contributed by atoms with Gasteiger partial charge in [0.25, 0.3) is 0 Å². The van der Waals surface area contributed by atoms with Crippen LogP contribution in [0.4, 0.5) is 0 Å². The number of sulfonamides is 1. The number of hydrogen-bond donors (Lipinski definition) is 1. The average Bonchev–Trinajstić information content (AvgIpc) is 2.74. The van der Waals surface area contributed by atoms with Crippen LogP contribution in [0, 0.1) is 0 Å². The minimum atomic E-state index is -3.57. The number of nitrogens with two attached hydrogens (primary N) is 1. The summed E-state index contributed by atoms with van der Waals surface area (Å²) in [6, 6.07) is 0. The molecular weight excluding hydrogens is 292 g/mol. The van der Waals surface area contributed by atoms with Crippen LogP contribution in [-0.4, -0.2) is 53.3 Å². The van der Waals surface area contributed by atoms with Gasteiger partial charge in [-0.2, -0.15) is 9.40 Å². The van der Waals surface area contributed by atoms with Gasteiger partial charge in [0.05, 0.1) is 23.9 Å². The molecule has 2 N–H and O–H groups in total. The van der Waals surface area contributed by atoms with Crippen molar-refractivity contribution < 1.29 is 13.2 Å². The molecule has 0 amide bonds. The van der Waals surface area contributed by atoms with E-state index in [1.807, 2.05) is 27.7 Å². The van der Waals surface area contributed by atoms with E-state index < -0.39 is 21.2 Å². The lowest BCUT2D eigenvalue weighted by atomic mass is 10.0. The Hall–Kier alpha value is -0.960. The first kappa shape index (κ1) is 16.4. The smallest absolute Gasteiger partial charge is 0.246 e. The van der Waals surface area contributed by atoms with Gasteiger partial charge in [-0.15, -0.1) is 0 Å². The van der Waals surface area contributed by atoms with Crippen molar-refractivity contribution in [1.82, 2.24) is 14.1 Å². The highest BCUT2D eigenvalue weighted by molar-refractivity contribution is 7.89. The van der Waals surface area contributed by atoms with Crippen molar-refractivity contribution in [1.29, 1.82) is 0 Å². The van der Waals surface area contributed by atoms with Crippen LogP contribution in [0.15, 0.2) is 17.3 Å². The molecule has 1 aliphatic heterocycles. The van der Waals surface area contributed by atoms with Gasteiger partial charge in [-0.25, -0.2) is 8.42 Å². The third-order valence-electron chi connectivity index (χ3n) is 3.27. The SMILES string of the molecule is CC1(C)CN(S(=O)(=O)c2cnn(CCN)c2)CC(C)(C)O1. The van der Waals surface area contributed by atoms with E-state index in [-0.39, 0.29) is 4.90 Å². The minimum Gasteiger partial charge on any atom is -0.367 e. The molecule has 1 fully saturated rings. The first-order chi connectivity index (χ1) is 9.56. The highest BCUT2D eigenvalue weighted by Crippen LogP contribution is 2.31. The summed E-state index contributed by atoms with van der Waals surface area (Å²) >= 11 is 0. The highest BCUT2D eigenvalue weighted by atomic mass is 32.2. The second kappa shape index (κ2) is 5.35. The fourth-order valence-electron chi connectivity index (χ4n) is 2.77. The van der Waals surface area contributed by atoms with Gasteiger partial charge >= 0.3 is 0 Å². The molecule has 0 atom stereocenters. The van der Waals surface area contributed by atoms with Crippen LogP contribution in [0.1, 0.15) is 27.7 Å². The van der Waals surface area contributed by atoms with Gasteiger partial charge in [-0.3, -0.25) is 4.68 Å². The summed E-state index contributed by atoms with van der Waals surface area (Å²) in [5.74, 6) is 0. The standard InChI is InChI=1S/C13H24N4O3S/c1-12(2)9-17(10-13(3,4)20-12)21(18,19)11-7-15-16(8-11)6-5-14/h7-8H,5-6,9-10,14H2,1-4H3. The van der Waals surface area contributed by atoms with Crippen LogP contribution in [-0.2, 0) is 21.3 Å². The fraction of sp³-hybridized carbons (Fsp3) is 0.769. The Morgan fingerprint density at radius 1 is 1.29 bits per heavy atom. The Bertz CT molecular complexity index is 591. The summed E-state index contributed by atoms with van der Waals surface area (Å²) in [6.45, 7) is 9.14. The number of morpholine rings is 1. The van der Waals surface area contributed by atoms with Gasteiger partial charge < -0.3 is 10.5 Å². The van der Waals surface area contributed by atoms with Crippen molar-refractivity contribution in [2.45, 2.75) is 50.3 Å². The van der Waals surface area contributed by atoms with Gasteiger partial charge in [-0.1, -0.05) is 0 Å². The van der Waals surface area contributed by atoms with E-state index in [2.05, 4.69) is 5.10 Å². The lowest BCUT2D eigenvalue weighted by molar-refractivity contribution is -0.163. The van der Waals surface area contributed by atoms with Gasteiger partial charge in [0.2, 0.25) is 10.0 Å². The van der Waals surface area contributed by atoms with E-state index in [0.29, 0.717) is 26.2 Å². The normalized spacial score (nSPS) is 22.3. The zero-order chi connectivity index (χ0) is 15.9. The summed E-state index contributed by atoms with van der Waals surface area (Å²) < 4.78 is 34.5. The average molecular weight is 316 g/mol. The Kier molecular flexibility index (Phi) is 4.18. The van der Waals surface area contributed by atoms with Crippen molar-refractivity contribution in [3.05, 3.63) is 12.4 Å². The molecule has 1 aromatic rings. The van der Waals surface area contributed by atoms with Gasteiger partial charge in [0.15, 0.2) is 0 Å². The lowest BCUT2D eigenvalue weighted by Crippen LogP contribution is -2.58. The van der Waals surface area contributed by atoms with Gasteiger partial charge in [0.1, 0.15) is 4.90 Å². The topological polar surface area (TPSA) is 90.5 Å². The van der Waals surface area contributed by atoms with Gasteiger partial charge in [-0.05, 0) is 27.7 Å². The molecular formula is C13H24N4O3S. The van der Waals surface area contributed by atoms with Crippen LogP contribution < -0.4 is 5.73 Å². The first-order valence-corrected chi connectivity index (χ1v) is 8.43. The molecule has 1 aromatic heterocycles. The maximum atomic E-state index is 12.8. The lowest BCUT2D eigenvalue weighted by Gasteiger charge is -2.46. The zero-order valence-corrected chi connectivity index (χ0v) is 13.9. The predicted molar refractivity (Wildman–Crippen MR) is 79.3 cm³/mol. The molecule has 1 aliphatic rings. The zero-order valence-electron chi connectivity index (χ0n) is 13.0. The fourth-order valence-corrected chi connectivity index (χ4v) is 4.46. The summed E-state index contributed by atoms with van der Waals surface area (Å²) in [7, 11) is -3.57. The van der Waals surface area contributed by atoms with E-state index in [9.17, 15) is 8.42 Å². The second-order valence-corrected chi connectivity index (χ2v) is 8.56. The van der Waals surface area contributed by atoms with E-state index in [1.54, 1.807) is 4.68 Å². The minimum absolute atomic E-state index is 0.199. The molecule has 0 aromatic carbocycles. The maximum absolute atomic E-state index is 12.8. The summed E-state index contributed by atoms with van der Waals surface area (Å²) in [6.07, 6.45) is 2.90. The van der Waals surface area contributed by atoms with Crippen LogP contribution in [0.5, 0.6) is 0 Å². The molecule has 7 nitrogen and oxygen atoms in total. The number of aromatic nitrogens is 2. The number of nitrogens with zero attached hydrogens (tertiary/aromatic N) is 3. The molecule has 1 saturated heterocycles. The van der Waals surface area contributed by atoms with Crippen molar-refractivity contribution in [2.75, 3.05) is 19.6 Å². The number of rotatable bonds is 4. The number of hydrogen-bond acceptors (Lipinski definition) is 5. The van der Waals surface area contributed by atoms with Crippen LogP contribution in [0.2, 0.25) is 0 Å². The Labute approximate surface area is 126 Å². The molecule has 0 unspecified atom stereocenters. The van der Waals surface area contributed by atoms with Crippen LogP contribution >= 0.6 is 0 Å². The molecule has 0 bridgehead atoms. The number of ether oxygens (including phenoxy) is 1. The molecule has 120 valence electrons. The Morgan fingerprint density at radius 3 is 2.38 bits per heavy atom. The van der Waals surface area contributed by atoms with Crippen molar-refractivity contribution in [3.8, 4) is 0 Å². The quantitative estimate of drug-likeness (QED) is 0.869. The van der Waals surface area contributed by atoms with Crippen LogP contribution in [0.3, 0.4) is 0 Å². The molecule has 0 spiro atoms. The molecule has 0 aliphatic carbocycles. The second-order valence-electron chi connectivity index (χ2n) is 6.62. The molecule has 0 radical (unpaired) electrons. The molecule has 21 heavy (non-hydrogen) atoms. The summed E-state index contributed by atoms with van der Waals surface area (Å²) in [4.78, 5) is 0.199. The molecule has 2 heterocycles. The molecule has 2 rings (SSSR count). The molecule has 0 saturated carbocycles. The predicted octanol–water partition coefficient (Wildman–Crippen LogP) is 0.420. The van der Waals surface area contributed by atoms with Crippen LogP contribution in [0.25, 0.3) is 0 Å². The van der Waals surface area contributed by atoms with Crippen molar-refractivity contribution >= 4 is 10.0 Å². The monoisotopic (exact) mass is 316 g/mol. The van der Waals surface area contributed by atoms with Gasteiger partial charge in [0, 0.05) is 25.8 Å². The maximum Gasteiger partial charge on any atom is 0.246 e. The van der Waals surface area contributed by atoms with E-state index >= 15 is 0 Å². The van der Waals surface area contributed by atoms with Crippen molar-refractivity contribution in [2.24, 2.45) is 5.73 Å². The Balaban J connectivity index is 2.29. The van der Waals surface area contributed by atoms with E-state index in [4.69, 9.17) is 10.5 Å². The van der Waals surface area contributed by atoms with E-state index in [0.717, 1.165) is 0 Å². The third-order valence-corrected chi connectivity index (χ3v) is 5.02. The molecule has 8 heteroatoms. The van der Waals surface area contributed by atoms with E-state index in [1.165, 1.54) is 16.7 Å². The highest BCUT2D eigenvalue weighted by Gasteiger charge is 2.43. The summed E-state index contributed by atoms with van der Waals surface area (Å²) in [5.41, 5.74) is 4.40.